The van der Waals surface area contributed by atoms with Crippen LogP contribution >= 0.6 is 0 Å². The van der Waals surface area contributed by atoms with Crippen LogP contribution in [0, 0.1) is 0 Å². The van der Waals surface area contributed by atoms with Gasteiger partial charge in [-0.15, -0.1) is 0 Å². The Morgan fingerprint density at radius 1 is 0.581 bits per heavy atom. The highest BCUT2D eigenvalue weighted by Gasteiger charge is 2.19. The van der Waals surface area contributed by atoms with Gasteiger partial charge >= 0.3 is 0 Å². The van der Waals surface area contributed by atoms with Gasteiger partial charge in [-0.2, -0.15) is 0 Å². The molecule has 1 heterocycles. The molecule has 2 aromatic carbocycles. The van der Waals surface area contributed by atoms with Crippen LogP contribution in [0.15, 0.2) is 48.5 Å². The molecule has 2 saturated carbocycles. The highest BCUT2D eigenvalue weighted by atomic mass is 19.1. The van der Waals surface area contributed by atoms with Crippen molar-refractivity contribution in [2.45, 2.75) is 95.1 Å². The molecular weight excluding hydrogens is 381 g/mol. The summed E-state index contributed by atoms with van der Waals surface area (Å²) in [4.78, 5) is 0. The summed E-state index contributed by atoms with van der Waals surface area (Å²) in [5.74, 6) is 1.37. The van der Waals surface area contributed by atoms with Crippen LogP contribution < -0.4 is 5.32 Å². The first-order valence-electron chi connectivity index (χ1n) is 12.9. The highest BCUT2D eigenvalue weighted by Crippen LogP contribution is 2.36. The van der Waals surface area contributed by atoms with Crippen LogP contribution in [0.3, 0.4) is 0 Å². The smallest absolute Gasteiger partial charge is 0.150 e. The summed E-state index contributed by atoms with van der Waals surface area (Å²) >= 11 is 0. The van der Waals surface area contributed by atoms with E-state index in [4.69, 9.17) is 0 Å². The fourth-order valence-corrected chi connectivity index (χ4v) is 5.56. The molecular formula is C29H42FN. The quantitative estimate of drug-likeness (QED) is 0.520. The van der Waals surface area contributed by atoms with Gasteiger partial charge in [0.2, 0.25) is 0 Å². The summed E-state index contributed by atoms with van der Waals surface area (Å²) in [7, 11) is 0. The van der Waals surface area contributed by atoms with E-state index in [1.165, 1.54) is 101 Å². The Balaban J connectivity index is 0.000000427. The zero-order valence-corrected chi connectivity index (χ0v) is 19.1. The van der Waals surface area contributed by atoms with Crippen molar-refractivity contribution in [3.8, 4) is 0 Å². The minimum absolute atomic E-state index is 0. The molecule has 31 heavy (non-hydrogen) atoms. The highest BCUT2D eigenvalue weighted by molar-refractivity contribution is 5.35. The summed E-state index contributed by atoms with van der Waals surface area (Å²) < 4.78 is 15.0. The van der Waals surface area contributed by atoms with Crippen LogP contribution in [0.1, 0.15) is 119 Å². The molecule has 2 aliphatic carbocycles. The predicted octanol–water partition coefficient (Wildman–Crippen LogP) is 8.46. The van der Waals surface area contributed by atoms with Crippen LogP contribution in [-0.2, 0) is 0 Å². The number of alkyl halides is 1. The molecule has 1 N–H and O–H groups in total. The molecule has 0 spiro atoms. The van der Waals surface area contributed by atoms with Crippen molar-refractivity contribution in [1.29, 1.82) is 0 Å². The minimum Gasteiger partial charge on any atom is -0.317 e. The normalized spacial score (nSPS) is 20.5. The second-order valence-corrected chi connectivity index (χ2v) is 9.82. The van der Waals surface area contributed by atoms with Gasteiger partial charge in [-0.1, -0.05) is 87.1 Å². The maximum Gasteiger partial charge on any atom is 0.150 e. The summed E-state index contributed by atoms with van der Waals surface area (Å²) in [6, 6.07) is 16.7. The zero-order valence-electron chi connectivity index (χ0n) is 19.1. The molecule has 3 aliphatic rings. The molecule has 0 amide bonds. The molecule has 0 bridgehead atoms. The van der Waals surface area contributed by atoms with Crippen molar-refractivity contribution < 1.29 is 5.82 Å². The molecule has 170 valence electrons. The summed E-state index contributed by atoms with van der Waals surface area (Å²) in [6.45, 7) is 2.50. The molecule has 2 heteroatoms. The Kier molecular flexibility index (Phi) is 8.58. The third-order valence-corrected chi connectivity index (χ3v) is 7.57. The Hall–Kier alpha value is -1.67. The monoisotopic (exact) mass is 423 g/mol. The Bertz CT molecular complexity index is 688. The molecule has 0 unspecified atom stereocenters. The van der Waals surface area contributed by atoms with Gasteiger partial charge < -0.3 is 5.32 Å². The van der Waals surface area contributed by atoms with E-state index < -0.39 is 6.17 Å². The Morgan fingerprint density at radius 3 is 1.29 bits per heavy atom. The van der Waals surface area contributed by atoms with Gasteiger partial charge in [-0.25, -0.2) is 4.39 Å². The third kappa shape index (κ3) is 6.42. The van der Waals surface area contributed by atoms with E-state index in [0.717, 1.165) is 11.1 Å². The van der Waals surface area contributed by atoms with Crippen LogP contribution in [0.5, 0.6) is 0 Å². The number of benzene rings is 2. The van der Waals surface area contributed by atoms with Gasteiger partial charge in [0.25, 0.3) is 0 Å². The number of rotatable bonds is 4. The Labute approximate surface area is 190 Å². The van der Waals surface area contributed by atoms with Crippen molar-refractivity contribution in [1.82, 2.24) is 5.32 Å². The maximum atomic E-state index is 15.0. The molecule has 1 aliphatic heterocycles. The summed E-state index contributed by atoms with van der Waals surface area (Å²) in [5, 5.41) is 3.22. The molecule has 2 aromatic rings. The predicted molar refractivity (Wildman–Crippen MR) is 132 cm³/mol. The Morgan fingerprint density at radius 2 is 0.968 bits per heavy atom. The van der Waals surface area contributed by atoms with Gasteiger partial charge in [0, 0.05) is 1.43 Å². The van der Waals surface area contributed by atoms with E-state index in [0.29, 0.717) is 11.8 Å². The molecule has 1 nitrogen and oxygen atoms in total. The van der Waals surface area contributed by atoms with Crippen molar-refractivity contribution >= 4 is 0 Å². The standard InChI is InChI=1S/C25H31F.C4H9N.H2/c26-25(23-15-11-21(12-16-23)19-7-3-1-4-8-19)24-17-13-22(14-18-24)20-9-5-2-6-10-20;1-2-4-5-3-1;/h11-20,25H,1-10H2;5H,1-4H2;1H. The van der Waals surface area contributed by atoms with E-state index in [2.05, 4.69) is 29.6 Å². The fraction of sp³-hybridized carbons (Fsp3) is 0.586. The van der Waals surface area contributed by atoms with Crippen molar-refractivity contribution in [3.05, 3.63) is 70.8 Å². The number of halogens is 1. The lowest BCUT2D eigenvalue weighted by Gasteiger charge is -2.23. The summed E-state index contributed by atoms with van der Waals surface area (Å²) in [5.41, 5.74) is 4.37. The average Bonchev–Trinajstić information content (AvgIpc) is 3.45. The lowest BCUT2D eigenvalue weighted by Crippen LogP contribution is -2.05. The molecule has 0 aromatic heterocycles. The lowest BCUT2D eigenvalue weighted by atomic mass is 9.83. The molecule has 1 saturated heterocycles. The molecule has 3 fully saturated rings. The van der Waals surface area contributed by atoms with Crippen LogP contribution in [-0.4, -0.2) is 13.1 Å². The molecule has 0 radical (unpaired) electrons. The average molecular weight is 424 g/mol. The maximum absolute atomic E-state index is 15.0. The van der Waals surface area contributed by atoms with E-state index in [9.17, 15) is 0 Å². The fourth-order valence-electron chi connectivity index (χ4n) is 5.56. The largest absolute Gasteiger partial charge is 0.317 e. The van der Waals surface area contributed by atoms with Crippen LogP contribution in [0.25, 0.3) is 0 Å². The summed E-state index contributed by atoms with van der Waals surface area (Å²) in [6.07, 6.45) is 15.0. The third-order valence-electron chi connectivity index (χ3n) is 7.57. The van der Waals surface area contributed by atoms with Crippen molar-refractivity contribution in [3.63, 3.8) is 0 Å². The minimum atomic E-state index is -1.02. The van der Waals surface area contributed by atoms with Gasteiger partial charge in [0.1, 0.15) is 0 Å². The van der Waals surface area contributed by atoms with E-state index in [-0.39, 0.29) is 1.43 Å². The van der Waals surface area contributed by atoms with E-state index in [1.807, 2.05) is 24.3 Å². The van der Waals surface area contributed by atoms with Crippen molar-refractivity contribution in [2.24, 2.45) is 0 Å². The van der Waals surface area contributed by atoms with Crippen LogP contribution in [0.2, 0.25) is 0 Å². The number of nitrogens with one attached hydrogen (secondary N) is 1. The number of hydrogen-bond acceptors (Lipinski definition) is 1. The van der Waals surface area contributed by atoms with Gasteiger partial charge in [-0.05, 0) is 85.7 Å². The van der Waals surface area contributed by atoms with Gasteiger partial charge in [0.15, 0.2) is 6.17 Å². The topological polar surface area (TPSA) is 12.0 Å². The zero-order chi connectivity index (χ0) is 21.3. The van der Waals surface area contributed by atoms with Crippen molar-refractivity contribution in [2.75, 3.05) is 13.1 Å². The first kappa shape index (κ1) is 22.5. The van der Waals surface area contributed by atoms with Gasteiger partial charge in [0.05, 0.1) is 0 Å². The second-order valence-electron chi connectivity index (χ2n) is 9.82. The van der Waals surface area contributed by atoms with E-state index in [1.54, 1.807) is 0 Å². The first-order valence-corrected chi connectivity index (χ1v) is 12.9. The lowest BCUT2D eigenvalue weighted by molar-refractivity contribution is 0.401. The molecule has 0 atom stereocenters. The van der Waals surface area contributed by atoms with Gasteiger partial charge in [-0.3, -0.25) is 0 Å². The van der Waals surface area contributed by atoms with Crippen LogP contribution in [0.4, 0.5) is 4.39 Å². The van der Waals surface area contributed by atoms with E-state index >= 15 is 4.39 Å². The number of hydrogen-bond donors (Lipinski definition) is 1. The first-order chi connectivity index (χ1) is 15.3. The molecule has 5 rings (SSSR count). The second kappa shape index (κ2) is 11.8. The SMILES string of the molecule is C1CCNC1.FC(c1ccc(C2CCCCC2)cc1)c1ccc(C2CCCCC2)cc1.[HH].